The topological polar surface area (TPSA) is 176 Å². The Hall–Kier alpha value is -4.35. The van der Waals surface area contributed by atoms with Crippen LogP contribution in [-0.2, 0) is 26.0 Å². The molecule has 0 radical (unpaired) electrons. The van der Waals surface area contributed by atoms with Gasteiger partial charge in [0.05, 0.1) is 4.90 Å². The molecular weight excluding hydrogens is 487 g/mol. The monoisotopic (exact) mass is 510 g/mol. The van der Waals surface area contributed by atoms with E-state index in [9.17, 15) is 18.0 Å². The Bertz CT molecular complexity index is 1470. The third-order valence-corrected chi connectivity index (χ3v) is 6.19. The minimum Gasteiger partial charge on any atom is -0.480 e. The Morgan fingerprint density at radius 1 is 0.972 bits per heavy atom. The summed E-state index contributed by atoms with van der Waals surface area (Å²) in [7, 11) is -3.96. The zero-order valence-electron chi connectivity index (χ0n) is 18.9. The molecule has 0 aromatic heterocycles. The highest BCUT2D eigenvalue weighted by Crippen LogP contribution is 2.29. The second-order valence-corrected chi connectivity index (χ2v) is 9.31. The van der Waals surface area contributed by atoms with Crippen LogP contribution in [0, 0.1) is 5.41 Å². The zero-order chi connectivity index (χ0) is 26.5. The number of nitrogens with two attached hydrogens (primary N) is 2. The lowest BCUT2D eigenvalue weighted by atomic mass is 9.94. The van der Waals surface area contributed by atoms with Crippen molar-refractivity contribution in [3.05, 3.63) is 95.3 Å². The molecule has 0 unspecified atom stereocenters. The van der Waals surface area contributed by atoms with Gasteiger partial charge in [0.2, 0.25) is 10.0 Å². The van der Waals surface area contributed by atoms with Gasteiger partial charge in [-0.25, -0.2) is 17.9 Å². The van der Waals surface area contributed by atoms with Gasteiger partial charge >= 0.3 is 5.97 Å². The molecule has 0 saturated heterocycles. The van der Waals surface area contributed by atoms with Gasteiger partial charge in [0, 0.05) is 23.1 Å². The Morgan fingerprint density at radius 2 is 1.61 bits per heavy atom. The van der Waals surface area contributed by atoms with Crippen LogP contribution in [0.5, 0.6) is 0 Å². The highest BCUT2D eigenvalue weighted by molar-refractivity contribution is 7.89. The third-order valence-electron chi connectivity index (χ3n) is 5.23. The van der Waals surface area contributed by atoms with Crippen LogP contribution in [0.15, 0.2) is 83.5 Å². The fraction of sp³-hybridized carbons (Fsp3) is 0.0800. The first-order chi connectivity index (χ1) is 17.0. The molecule has 7 N–H and O–H groups in total. The predicted octanol–water partition coefficient (Wildman–Crippen LogP) is 2.41. The van der Waals surface area contributed by atoms with Crippen LogP contribution in [0.3, 0.4) is 0 Å². The van der Waals surface area contributed by atoms with Crippen LogP contribution in [0.1, 0.15) is 16.7 Å². The predicted molar refractivity (Wildman–Crippen MR) is 133 cm³/mol. The summed E-state index contributed by atoms with van der Waals surface area (Å²) < 4.78 is 39.1. The first-order valence-corrected chi connectivity index (χ1v) is 12.1. The minimum atomic E-state index is -3.96. The van der Waals surface area contributed by atoms with Gasteiger partial charge in [0.1, 0.15) is 12.4 Å². The van der Waals surface area contributed by atoms with Crippen LogP contribution in [0.2, 0.25) is 0 Å². The van der Waals surface area contributed by atoms with E-state index < -0.39 is 34.3 Å². The van der Waals surface area contributed by atoms with Crippen molar-refractivity contribution in [1.82, 2.24) is 5.32 Å². The number of carbonyl (C=O) groups is 2. The fourth-order valence-electron chi connectivity index (χ4n) is 3.51. The van der Waals surface area contributed by atoms with Gasteiger partial charge in [-0.3, -0.25) is 15.0 Å². The number of hydrogen-bond acceptors (Lipinski definition) is 5. The first kappa shape index (κ1) is 26.3. The number of carboxylic acid groups (broad SMARTS) is 1. The second-order valence-electron chi connectivity index (χ2n) is 7.78. The number of allylic oxidation sites excluding steroid dienone is 1. The standard InChI is InChI=1S/C25H23FN4O5S/c26-23(25(33)30-14-22(31)32)20(17-4-3-5-18(13-17)24(27)28)12-15-8-10-16(11-9-15)19-6-1-2-7-21(19)36(29,34)35/h1-11,13H,12,14H2,(H3,27,28)(H,30,33)(H,31,32)(H2,29,34,35)/b23-20+. The van der Waals surface area contributed by atoms with E-state index in [0.717, 1.165) is 0 Å². The number of carbonyl (C=O) groups excluding carboxylic acids is 1. The lowest BCUT2D eigenvalue weighted by Gasteiger charge is -2.13. The van der Waals surface area contributed by atoms with Crippen molar-refractivity contribution in [2.24, 2.45) is 10.9 Å². The van der Waals surface area contributed by atoms with Gasteiger partial charge in [-0.05, 0) is 28.8 Å². The molecule has 0 fully saturated rings. The van der Waals surface area contributed by atoms with Crippen molar-refractivity contribution in [2.45, 2.75) is 11.3 Å². The minimum absolute atomic E-state index is 0.0412. The molecule has 11 heteroatoms. The number of rotatable bonds is 9. The smallest absolute Gasteiger partial charge is 0.322 e. The molecule has 3 rings (SSSR count). The molecule has 3 aromatic rings. The molecule has 0 aliphatic carbocycles. The number of carboxylic acids is 1. The van der Waals surface area contributed by atoms with Gasteiger partial charge in [-0.2, -0.15) is 0 Å². The molecule has 0 aliphatic heterocycles. The maximum Gasteiger partial charge on any atom is 0.322 e. The number of sulfonamides is 1. The van der Waals surface area contributed by atoms with E-state index in [1.165, 1.54) is 12.1 Å². The van der Waals surface area contributed by atoms with E-state index in [1.807, 2.05) is 5.32 Å². The number of nitrogen functional groups attached to an aromatic ring is 1. The van der Waals surface area contributed by atoms with E-state index in [4.69, 9.17) is 21.4 Å². The molecular formula is C25H23FN4O5S. The quantitative estimate of drug-likeness (QED) is 0.168. The summed E-state index contributed by atoms with van der Waals surface area (Å²) in [5.74, 6) is -3.95. The van der Waals surface area contributed by atoms with E-state index in [1.54, 1.807) is 60.7 Å². The maximum atomic E-state index is 15.3. The molecule has 3 aromatic carbocycles. The lowest BCUT2D eigenvalue weighted by Crippen LogP contribution is -2.30. The molecule has 1 amide bonds. The van der Waals surface area contributed by atoms with Gasteiger partial charge in [-0.1, -0.05) is 60.7 Å². The Labute approximate surface area is 206 Å². The van der Waals surface area contributed by atoms with Gasteiger partial charge in [0.15, 0.2) is 5.83 Å². The van der Waals surface area contributed by atoms with Crippen molar-refractivity contribution in [1.29, 1.82) is 5.41 Å². The number of primary sulfonamides is 1. The molecule has 186 valence electrons. The van der Waals surface area contributed by atoms with E-state index in [-0.39, 0.29) is 28.3 Å². The summed E-state index contributed by atoms with van der Waals surface area (Å²) in [6.07, 6.45) is -0.0647. The summed E-state index contributed by atoms with van der Waals surface area (Å²) in [5.41, 5.74) is 7.65. The first-order valence-electron chi connectivity index (χ1n) is 10.5. The normalized spacial score (nSPS) is 11.9. The summed E-state index contributed by atoms with van der Waals surface area (Å²) in [6.45, 7) is -0.759. The largest absolute Gasteiger partial charge is 0.480 e. The van der Waals surface area contributed by atoms with Crippen molar-refractivity contribution >= 4 is 33.3 Å². The molecule has 9 nitrogen and oxygen atoms in total. The number of hydrogen-bond donors (Lipinski definition) is 5. The summed E-state index contributed by atoms with van der Waals surface area (Å²) >= 11 is 0. The number of halogens is 1. The maximum absolute atomic E-state index is 15.3. The van der Waals surface area contributed by atoms with Crippen LogP contribution < -0.4 is 16.2 Å². The molecule has 0 spiro atoms. The summed E-state index contributed by atoms with van der Waals surface area (Å²) in [5, 5.41) is 23.7. The molecule has 0 heterocycles. The van der Waals surface area contributed by atoms with E-state index >= 15 is 4.39 Å². The Kier molecular flexibility index (Phi) is 7.97. The third kappa shape index (κ3) is 6.40. The molecule has 0 aliphatic rings. The molecule has 36 heavy (non-hydrogen) atoms. The molecule has 0 saturated carbocycles. The fourth-order valence-corrected chi connectivity index (χ4v) is 4.27. The highest BCUT2D eigenvalue weighted by atomic mass is 32.2. The van der Waals surface area contributed by atoms with E-state index in [0.29, 0.717) is 22.3 Å². The second kappa shape index (κ2) is 10.9. The van der Waals surface area contributed by atoms with Gasteiger partial charge < -0.3 is 16.2 Å². The molecule has 0 atom stereocenters. The van der Waals surface area contributed by atoms with Gasteiger partial charge in [0.25, 0.3) is 5.91 Å². The molecule has 0 bridgehead atoms. The van der Waals surface area contributed by atoms with Crippen molar-refractivity contribution in [3.63, 3.8) is 0 Å². The Morgan fingerprint density at radius 3 is 2.22 bits per heavy atom. The lowest BCUT2D eigenvalue weighted by molar-refractivity contribution is -0.137. The SMILES string of the molecule is N=C(N)c1cccc(/C(Cc2ccc(-c3ccccc3S(N)(=O)=O)cc2)=C(/F)C(=O)NCC(=O)O)c1. The highest BCUT2D eigenvalue weighted by Gasteiger charge is 2.19. The van der Waals surface area contributed by atoms with Crippen LogP contribution >= 0.6 is 0 Å². The average Bonchev–Trinajstić information content (AvgIpc) is 2.85. The number of nitrogens with one attached hydrogen (secondary N) is 2. The average molecular weight is 511 g/mol. The zero-order valence-corrected chi connectivity index (χ0v) is 19.7. The summed E-state index contributed by atoms with van der Waals surface area (Å²) in [6, 6.07) is 18.9. The number of amides is 1. The number of aliphatic carboxylic acids is 1. The van der Waals surface area contributed by atoms with Gasteiger partial charge in [-0.15, -0.1) is 0 Å². The number of benzene rings is 3. The Balaban J connectivity index is 2.01. The van der Waals surface area contributed by atoms with Crippen molar-refractivity contribution in [3.8, 4) is 11.1 Å². The van der Waals surface area contributed by atoms with Crippen LogP contribution in [0.4, 0.5) is 4.39 Å². The van der Waals surface area contributed by atoms with Crippen molar-refractivity contribution < 1.29 is 27.5 Å². The summed E-state index contributed by atoms with van der Waals surface area (Å²) in [4.78, 5) is 23.0. The number of amidine groups is 1. The van der Waals surface area contributed by atoms with Crippen molar-refractivity contribution in [2.75, 3.05) is 6.54 Å². The van der Waals surface area contributed by atoms with Crippen LogP contribution in [-0.4, -0.2) is 37.8 Å². The van der Waals surface area contributed by atoms with Crippen LogP contribution in [0.25, 0.3) is 16.7 Å². The van der Waals surface area contributed by atoms with E-state index in [2.05, 4.69) is 0 Å².